The third-order valence-corrected chi connectivity index (χ3v) is 4.22. The molecule has 1 unspecified atom stereocenters. The van der Waals surface area contributed by atoms with Crippen LogP contribution < -0.4 is 0 Å². The summed E-state index contributed by atoms with van der Waals surface area (Å²) in [6.07, 6.45) is -1.26. The number of amides is 1. The molecule has 0 bridgehead atoms. The lowest BCUT2D eigenvalue weighted by atomic mass is 10.1. The second-order valence-electron chi connectivity index (χ2n) is 5.84. The van der Waals surface area contributed by atoms with Crippen molar-refractivity contribution in [1.82, 2.24) is 4.31 Å². The smallest absolute Gasteiger partial charge is 0.424 e. The summed E-state index contributed by atoms with van der Waals surface area (Å²) in [6.45, 7) is 4.50. The van der Waals surface area contributed by atoms with E-state index in [2.05, 4.69) is 15.9 Å². The van der Waals surface area contributed by atoms with Gasteiger partial charge >= 0.3 is 6.09 Å². The van der Waals surface area contributed by atoms with Gasteiger partial charge < -0.3 is 9.84 Å². The number of sulfonamides is 1. The number of nitrogens with zero attached hydrogens (tertiary/aromatic N) is 1. The second-order valence-corrected chi connectivity index (χ2v) is 8.66. The van der Waals surface area contributed by atoms with Crippen LogP contribution in [0.1, 0.15) is 32.4 Å². The van der Waals surface area contributed by atoms with Crippen LogP contribution in [-0.4, -0.2) is 42.3 Å². The highest BCUT2D eigenvalue weighted by Gasteiger charge is 2.30. The summed E-state index contributed by atoms with van der Waals surface area (Å²) < 4.78 is 30.0. The maximum atomic E-state index is 12.0. The molecule has 6 nitrogen and oxygen atoms in total. The standard InChI is InChI=1S/C14H20BrNO5S/c1-14(2,3)21-13(18)16(22(4,19)20)9-12(17)10-5-7-11(15)8-6-10/h5-8,12,17H,9H2,1-4H3. The predicted molar refractivity (Wildman–Crippen MR) is 86.9 cm³/mol. The Labute approximate surface area is 139 Å². The van der Waals surface area contributed by atoms with Crippen molar-refractivity contribution in [3.05, 3.63) is 34.3 Å². The van der Waals surface area contributed by atoms with Gasteiger partial charge in [-0.25, -0.2) is 17.5 Å². The summed E-state index contributed by atoms with van der Waals surface area (Å²) in [5.74, 6) is 0. The Kier molecular flexibility index (Phi) is 6.00. The van der Waals surface area contributed by atoms with E-state index in [1.807, 2.05) is 0 Å². The Morgan fingerprint density at radius 3 is 2.23 bits per heavy atom. The van der Waals surface area contributed by atoms with E-state index in [1.54, 1.807) is 45.0 Å². The normalized spacial score (nSPS) is 13.5. The summed E-state index contributed by atoms with van der Waals surface area (Å²) in [5, 5.41) is 10.2. The van der Waals surface area contributed by atoms with E-state index in [0.717, 1.165) is 10.7 Å². The maximum absolute atomic E-state index is 12.0. The van der Waals surface area contributed by atoms with E-state index in [-0.39, 0.29) is 0 Å². The molecule has 0 saturated heterocycles. The lowest BCUT2D eigenvalue weighted by Crippen LogP contribution is -2.42. The van der Waals surface area contributed by atoms with Crippen LogP contribution in [0.4, 0.5) is 4.79 Å². The minimum absolute atomic E-state index is 0.407. The van der Waals surface area contributed by atoms with Gasteiger partial charge in [-0.2, -0.15) is 0 Å². The molecular weight excluding hydrogens is 374 g/mol. The first kappa shape index (κ1) is 18.9. The zero-order chi connectivity index (χ0) is 17.1. The fourth-order valence-electron chi connectivity index (χ4n) is 1.61. The number of aliphatic hydroxyl groups excluding tert-OH is 1. The third kappa shape index (κ3) is 5.94. The molecule has 22 heavy (non-hydrogen) atoms. The van der Waals surface area contributed by atoms with Gasteiger partial charge in [0, 0.05) is 4.47 Å². The predicted octanol–water partition coefficient (Wildman–Crippen LogP) is 2.68. The van der Waals surface area contributed by atoms with Gasteiger partial charge in [-0.15, -0.1) is 0 Å². The van der Waals surface area contributed by atoms with Crippen LogP contribution in [0, 0.1) is 0 Å². The molecule has 0 aromatic heterocycles. The molecule has 0 aliphatic rings. The molecule has 1 aromatic rings. The molecule has 0 aliphatic carbocycles. The quantitative estimate of drug-likeness (QED) is 0.849. The first-order valence-corrected chi connectivity index (χ1v) is 9.18. The minimum Gasteiger partial charge on any atom is -0.443 e. The van der Waals surface area contributed by atoms with E-state index in [9.17, 15) is 18.3 Å². The summed E-state index contributed by atoms with van der Waals surface area (Å²) >= 11 is 3.27. The number of hydrogen-bond acceptors (Lipinski definition) is 5. The number of benzene rings is 1. The molecule has 0 fully saturated rings. The molecular formula is C14H20BrNO5S. The molecule has 0 saturated carbocycles. The van der Waals surface area contributed by atoms with Crippen LogP contribution in [0.5, 0.6) is 0 Å². The Morgan fingerprint density at radius 1 is 1.32 bits per heavy atom. The first-order valence-electron chi connectivity index (χ1n) is 6.54. The van der Waals surface area contributed by atoms with Crippen LogP contribution in [0.2, 0.25) is 0 Å². The summed E-state index contributed by atoms with van der Waals surface area (Å²) in [7, 11) is -3.86. The molecule has 0 aliphatic heterocycles. The number of carbonyl (C=O) groups is 1. The number of aliphatic hydroxyl groups is 1. The lowest BCUT2D eigenvalue weighted by Gasteiger charge is -2.27. The van der Waals surface area contributed by atoms with Crippen LogP contribution >= 0.6 is 15.9 Å². The Morgan fingerprint density at radius 2 is 1.82 bits per heavy atom. The first-order chi connectivity index (χ1) is 9.90. The average Bonchev–Trinajstić information content (AvgIpc) is 2.32. The monoisotopic (exact) mass is 393 g/mol. The zero-order valence-electron chi connectivity index (χ0n) is 12.9. The van der Waals surface area contributed by atoms with Crippen molar-refractivity contribution in [3.63, 3.8) is 0 Å². The highest BCUT2D eigenvalue weighted by Crippen LogP contribution is 2.20. The maximum Gasteiger partial charge on any atom is 0.424 e. The molecule has 1 aromatic carbocycles. The van der Waals surface area contributed by atoms with Crippen LogP contribution in [0.15, 0.2) is 28.7 Å². The molecule has 1 N–H and O–H groups in total. The van der Waals surface area contributed by atoms with Gasteiger partial charge in [0.2, 0.25) is 10.0 Å². The van der Waals surface area contributed by atoms with Crippen molar-refractivity contribution in [3.8, 4) is 0 Å². The number of carbonyl (C=O) groups excluding carboxylic acids is 1. The molecule has 124 valence electrons. The van der Waals surface area contributed by atoms with Gasteiger partial charge in [0.25, 0.3) is 0 Å². The summed E-state index contributed by atoms with van der Waals surface area (Å²) in [6, 6.07) is 6.72. The summed E-state index contributed by atoms with van der Waals surface area (Å²) in [5.41, 5.74) is -0.330. The minimum atomic E-state index is -3.86. The highest BCUT2D eigenvalue weighted by atomic mass is 79.9. The largest absolute Gasteiger partial charge is 0.443 e. The van der Waals surface area contributed by atoms with Crippen molar-refractivity contribution >= 4 is 32.0 Å². The van der Waals surface area contributed by atoms with Gasteiger partial charge in [-0.05, 0) is 38.5 Å². The zero-order valence-corrected chi connectivity index (χ0v) is 15.3. The number of ether oxygens (including phenoxy) is 1. The van der Waals surface area contributed by atoms with E-state index >= 15 is 0 Å². The van der Waals surface area contributed by atoms with E-state index in [1.165, 1.54) is 0 Å². The topological polar surface area (TPSA) is 83.9 Å². The van der Waals surface area contributed by atoms with Gasteiger partial charge in [0.1, 0.15) is 5.60 Å². The number of hydrogen-bond donors (Lipinski definition) is 1. The lowest BCUT2D eigenvalue weighted by molar-refractivity contribution is 0.0322. The van der Waals surface area contributed by atoms with Gasteiger partial charge in [-0.3, -0.25) is 0 Å². The average molecular weight is 394 g/mol. The molecule has 0 heterocycles. The SMILES string of the molecule is CC(C)(C)OC(=O)N(CC(O)c1ccc(Br)cc1)S(C)(=O)=O. The molecule has 1 amide bonds. The van der Waals surface area contributed by atoms with E-state index in [0.29, 0.717) is 9.87 Å². The van der Waals surface area contributed by atoms with Crippen molar-refractivity contribution in [1.29, 1.82) is 0 Å². The molecule has 8 heteroatoms. The van der Waals surface area contributed by atoms with Crippen LogP contribution in [0.25, 0.3) is 0 Å². The Balaban J connectivity index is 2.95. The number of rotatable bonds is 4. The molecule has 0 spiro atoms. The van der Waals surface area contributed by atoms with Crippen LogP contribution in [-0.2, 0) is 14.8 Å². The van der Waals surface area contributed by atoms with Gasteiger partial charge in [0.05, 0.1) is 18.9 Å². The highest BCUT2D eigenvalue weighted by molar-refractivity contribution is 9.10. The molecule has 0 radical (unpaired) electrons. The molecule has 1 rings (SSSR count). The van der Waals surface area contributed by atoms with Crippen molar-refractivity contribution in [2.75, 3.05) is 12.8 Å². The van der Waals surface area contributed by atoms with E-state index < -0.39 is 34.4 Å². The third-order valence-electron chi connectivity index (χ3n) is 2.59. The van der Waals surface area contributed by atoms with Crippen molar-refractivity contribution < 1.29 is 23.1 Å². The number of halogens is 1. The molecule has 1 atom stereocenters. The second kappa shape index (κ2) is 6.97. The van der Waals surface area contributed by atoms with Gasteiger partial charge in [-0.1, -0.05) is 28.1 Å². The van der Waals surface area contributed by atoms with Crippen LogP contribution in [0.3, 0.4) is 0 Å². The Bertz CT molecular complexity index is 622. The fraction of sp³-hybridized carbons (Fsp3) is 0.500. The summed E-state index contributed by atoms with van der Waals surface area (Å²) in [4.78, 5) is 12.0. The fourth-order valence-corrected chi connectivity index (χ4v) is 2.59. The van der Waals surface area contributed by atoms with Crippen molar-refractivity contribution in [2.45, 2.75) is 32.5 Å². The van der Waals surface area contributed by atoms with Gasteiger partial charge in [0.15, 0.2) is 0 Å². The van der Waals surface area contributed by atoms with E-state index in [4.69, 9.17) is 4.74 Å². The Hall–Kier alpha value is -1.12. The van der Waals surface area contributed by atoms with Crippen molar-refractivity contribution in [2.24, 2.45) is 0 Å².